The molecule has 150 valence electrons. The number of anilines is 2. The molecule has 0 aliphatic carbocycles. The van der Waals surface area contributed by atoms with Crippen LogP contribution in [-0.4, -0.2) is 33.2 Å². The van der Waals surface area contributed by atoms with E-state index >= 15 is 0 Å². The number of likely N-dealkylation sites (tertiary alicyclic amines) is 1. The number of hydrogen-bond acceptors (Lipinski definition) is 6. The Kier molecular flexibility index (Phi) is 4.96. The van der Waals surface area contributed by atoms with Crippen molar-refractivity contribution in [3.8, 4) is 0 Å². The van der Waals surface area contributed by atoms with Gasteiger partial charge >= 0.3 is 11.8 Å². The number of amides is 2. The third-order valence-electron chi connectivity index (χ3n) is 5.66. The minimum absolute atomic E-state index is 0.398. The van der Waals surface area contributed by atoms with Crippen molar-refractivity contribution < 1.29 is 9.59 Å². The second-order valence-corrected chi connectivity index (χ2v) is 8.49. The highest BCUT2D eigenvalue weighted by atomic mass is 32.1. The highest BCUT2D eigenvalue weighted by molar-refractivity contribution is 7.16. The Morgan fingerprint density at radius 1 is 1.24 bits per heavy atom. The lowest BCUT2D eigenvalue weighted by Gasteiger charge is -2.45. The summed E-state index contributed by atoms with van der Waals surface area (Å²) in [6.07, 6.45) is 4.12. The van der Waals surface area contributed by atoms with E-state index in [-0.39, 0.29) is 0 Å². The minimum atomic E-state index is -0.668. The Morgan fingerprint density at radius 3 is 2.86 bits per heavy atom. The Morgan fingerprint density at radius 2 is 2.07 bits per heavy atom. The number of hydrogen-bond donors (Lipinski definition) is 2. The van der Waals surface area contributed by atoms with Gasteiger partial charge in [-0.05, 0) is 62.4 Å². The van der Waals surface area contributed by atoms with Crippen LogP contribution < -0.4 is 11.1 Å². The van der Waals surface area contributed by atoms with Crippen LogP contribution in [0.1, 0.15) is 37.3 Å². The zero-order valence-corrected chi connectivity index (χ0v) is 17.3. The van der Waals surface area contributed by atoms with Crippen LogP contribution in [0.4, 0.5) is 11.5 Å². The van der Waals surface area contributed by atoms with Crippen molar-refractivity contribution in [3.05, 3.63) is 47.1 Å². The molecule has 0 spiro atoms. The molecule has 0 bridgehead atoms. The molecular weight excluding hydrogens is 386 g/mol. The SMILES string of the molecule is Cc1cc(NC(=O)C(=O)N2CCCCC2(C)c2ccc3scnc3c2)cnc1N. The van der Waals surface area contributed by atoms with Gasteiger partial charge in [0.2, 0.25) is 0 Å². The van der Waals surface area contributed by atoms with Gasteiger partial charge in [-0.3, -0.25) is 9.59 Å². The molecule has 3 N–H and O–H groups in total. The molecule has 1 atom stereocenters. The monoisotopic (exact) mass is 409 g/mol. The smallest absolute Gasteiger partial charge is 0.313 e. The number of thiazole rings is 1. The maximum absolute atomic E-state index is 13.1. The second kappa shape index (κ2) is 7.44. The summed E-state index contributed by atoms with van der Waals surface area (Å²) in [5.74, 6) is -0.811. The number of benzene rings is 1. The first-order chi connectivity index (χ1) is 13.9. The molecule has 1 saturated heterocycles. The van der Waals surface area contributed by atoms with Crippen LogP contribution in [0.15, 0.2) is 36.0 Å². The van der Waals surface area contributed by atoms with E-state index in [2.05, 4.69) is 15.3 Å². The van der Waals surface area contributed by atoms with E-state index in [1.54, 1.807) is 29.2 Å². The molecule has 4 rings (SSSR count). The molecule has 1 aliphatic heterocycles. The lowest BCUT2D eigenvalue weighted by Crippen LogP contribution is -2.53. The van der Waals surface area contributed by atoms with Crippen molar-refractivity contribution >= 4 is 44.9 Å². The molecule has 29 heavy (non-hydrogen) atoms. The quantitative estimate of drug-likeness (QED) is 0.631. The number of piperidine rings is 1. The van der Waals surface area contributed by atoms with Crippen LogP contribution >= 0.6 is 11.3 Å². The predicted octanol–water partition coefficient (Wildman–Crippen LogP) is 3.45. The van der Waals surface area contributed by atoms with E-state index < -0.39 is 17.4 Å². The van der Waals surface area contributed by atoms with Crippen molar-refractivity contribution in [1.82, 2.24) is 14.9 Å². The topological polar surface area (TPSA) is 101 Å². The number of fused-ring (bicyclic) bond motifs is 1. The molecule has 3 aromatic rings. The molecule has 1 fully saturated rings. The number of pyridine rings is 1. The van der Waals surface area contributed by atoms with E-state index in [4.69, 9.17) is 5.73 Å². The van der Waals surface area contributed by atoms with Gasteiger partial charge in [0.15, 0.2) is 0 Å². The van der Waals surface area contributed by atoms with Gasteiger partial charge in [-0.15, -0.1) is 11.3 Å². The average molecular weight is 410 g/mol. The zero-order valence-electron chi connectivity index (χ0n) is 16.4. The fourth-order valence-corrected chi connectivity index (χ4v) is 4.56. The van der Waals surface area contributed by atoms with Gasteiger partial charge in [0.1, 0.15) is 5.82 Å². The summed E-state index contributed by atoms with van der Waals surface area (Å²) >= 11 is 1.59. The molecule has 0 radical (unpaired) electrons. The highest BCUT2D eigenvalue weighted by Crippen LogP contribution is 2.38. The molecule has 2 aromatic heterocycles. The van der Waals surface area contributed by atoms with Gasteiger partial charge in [0.25, 0.3) is 0 Å². The van der Waals surface area contributed by atoms with Gasteiger partial charge in [0.05, 0.1) is 33.2 Å². The summed E-state index contributed by atoms with van der Waals surface area (Å²) in [6, 6.07) is 7.81. The van der Waals surface area contributed by atoms with Gasteiger partial charge in [-0.25, -0.2) is 9.97 Å². The average Bonchev–Trinajstić information content (AvgIpc) is 3.18. The minimum Gasteiger partial charge on any atom is -0.383 e. The molecule has 3 heterocycles. The fraction of sp³-hybridized carbons (Fsp3) is 0.333. The first-order valence-electron chi connectivity index (χ1n) is 9.57. The maximum Gasteiger partial charge on any atom is 0.313 e. The Balaban J connectivity index is 1.60. The van der Waals surface area contributed by atoms with Crippen LogP contribution in [0.5, 0.6) is 0 Å². The normalized spacial score (nSPS) is 19.3. The first kappa shape index (κ1) is 19.3. The van der Waals surface area contributed by atoms with E-state index in [0.29, 0.717) is 18.1 Å². The van der Waals surface area contributed by atoms with Crippen LogP contribution in [-0.2, 0) is 15.1 Å². The molecule has 1 unspecified atom stereocenters. The number of carbonyl (C=O) groups is 2. The lowest BCUT2D eigenvalue weighted by atomic mass is 9.81. The van der Waals surface area contributed by atoms with Gasteiger partial charge in [0, 0.05) is 6.54 Å². The summed E-state index contributed by atoms with van der Waals surface area (Å²) in [4.78, 5) is 36.0. The van der Waals surface area contributed by atoms with Crippen molar-refractivity contribution in [2.45, 2.75) is 38.6 Å². The predicted molar refractivity (Wildman–Crippen MR) is 115 cm³/mol. The molecule has 7 nitrogen and oxygen atoms in total. The fourth-order valence-electron chi connectivity index (χ4n) is 3.90. The van der Waals surface area contributed by atoms with Crippen molar-refractivity contribution in [3.63, 3.8) is 0 Å². The zero-order chi connectivity index (χ0) is 20.6. The van der Waals surface area contributed by atoms with Crippen LogP contribution in [0.3, 0.4) is 0 Å². The summed E-state index contributed by atoms with van der Waals surface area (Å²) < 4.78 is 1.11. The lowest BCUT2D eigenvalue weighted by molar-refractivity contribution is -0.149. The number of rotatable bonds is 2. The summed E-state index contributed by atoms with van der Waals surface area (Å²) in [5, 5.41) is 2.66. The number of nitrogen functional groups attached to an aromatic ring is 1. The molecule has 8 heteroatoms. The largest absolute Gasteiger partial charge is 0.383 e. The molecule has 1 aliphatic rings. The van der Waals surface area contributed by atoms with E-state index in [9.17, 15) is 9.59 Å². The van der Waals surface area contributed by atoms with Crippen LogP contribution in [0, 0.1) is 6.92 Å². The number of nitrogens with zero attached hydrogens (tertiary/aromatic N) is 3. The number of nitrogens with two attached hydrogens (primary N) is 1. The van der Waals surface area contributed by atoms with Crippen molar-refractivity contribution in [1.29, 1.82) is 0 Å². The Bertz CT molecular complexity index is 1100. The molecular formula is C21H23N5O2S. The number of carbonyl (C=O) groups excluding carboxylic acids is 2. The van der Waals surface area contributed by atoms with Gasteiger partial charge in [-0.1, -0.05) is 6.07 Å². The van der Waals surface area contributed by atoms with Crippen molar-refractivity contribution in [2.24, 2.45) is 0 Å². The first-order valence-corrected chi connectivity index (χ1v) is 10.5. The van der Waals surface area contributed by atoms with Crippen LogP contribution in [0.2, 0.25) is 0 Å². The van der Waals surface area contributed by atoms with E-state index in [1.807, 2.05) is 30.6 Å². The van der Waals surface area contributed by atoms with E-state index in [1.165, 1.54) is 6.20 Å². The molecule has 1 aromatic carbocycles. The van der Waals surface area contributed by atoms with E-state index in [0.717, 1.165) is 40.6 Å². The molecule has 2 amide bonds. The third kappa shape index (κ3) is 3.55. The van der Waals surface area contributed by atoms with Crippen LogP contribution in [0.25, 0.3) is 10.2 Å². The third-order valence-corrected chi connectivity index (χ3v) is 6.47. The Labute approximate surface area is 173 Å². The summed E-state index contributed by atoms with van der Waals surface area (Å²) in [6.45, 7) is 4.37. The summed E-state index contributed by atoms with van der Waals surface area (Å²) in [5.41, 5.74) is 10.1. The number of aryl methyl sites for hydroxylation is 1. The van der Waals surface area contributed by atoms with Crippen molar-refractivity contribution in [2.75, 3.05) is 17.6 Å². The maximum atomic E-state index is 13.1. The standard InChI is InChI=1S/C21H23N5O2S/c1-13-9-15(11-23-18(13)22)25-19(27)20(28)26-8-4-3-7-21(26,2)14-5-6-17-16(10-14)24-12-29-17/h5-6,9-12H,3-4,7-8H2,1-2H3,(H2,22,23)(H,25,27). The summed E-state index contributed by atoms with van der Waals surface area (Å²) in [7, 11) is 0. The van der Waals surface area contributed by atoms with Gasteiger partial charge in [-0.2, -0.15) is 0 Å². The number of aromatic nitrogens is 2. The number of nitrogens with one attached hydrogen (secondary N) is 1. The highest BCUT2D eigenvalue weighted by Gasteiger charge is 2.41. The Hall–Kier alpha value is -3.00. The molecule has 0 saturated carbocycles. The second-order valence-electron chi connectivity index (χ2n) is 7.60. The van der Waals surface area contributed by atoms with Gasteiger partial charge < -0.3 is 16.0 Å².